The van der Waals surface area contributed by atoms with E-state index >= 15 is 0 Å². The average Bonchev–Trinajstić information content (AvgIpc) is 3.03. The topological polar surface area (TPSA) is 63.5 Å². The first-order valence-corrected chi connectivity index (χ1v) is 8.07. The van der Waals surface area contributed by atoms with Gasteiger partial charge in [-0.3, -0.25) is 4.99 Å². The monoisotopic (exact) mass is 457 g/mol. The highest BCUT2D eigenvalue weighted by Gasteiger charge is 2.16. The summed E-state index contributed by atoms with van der Waals surface area (Å²) < 4.78 is 7.54. The van der Waals surface area contributed by atoms with E-state index < -0.39 is 0 Å². The third kappa shape index (κ3) is 7.03. The second-order valence-corrected chi connectivity index (χ2v) is 6.20. The van der Waals surface area contributed by atoms with E-state index in [1.807, 2.05) is 44.4 Å². The minimum Gasteiger partial charge on any atom is -0.377 e. The van der Waals surface area contributed by atoms with Crippen molar-refractivity contribution in [1.82, 2.24) is 20.2 Å². The minimum absolute atomic E-state index is 0. The van der Waals surface area contributed by atoms with Gasteiger partial charge in [0.1, 0.15) is 5.82 Å². The number of benzene rings is 1. The van der Waals surface area contributed by atoms with Gasteiger partial charge >= 0.3 is 0 Å². The standard InChI is InChI=1S/C18H27N5O.HI/c1-18(2,24-4)14-22-17(19-3)21-12-16-20-10-11-23(16)13-15-8-6-5-7-9-15;/h5-11H,12-14H2,1-4H3,(H2,19,21,22);1H. The molecule has 0 atom stereocenters. The normalized spacial score (nSPS) is 11.8. The number of rotatable bonds is 7. The highest BCUT2D eigenvalue weighted by atomic mass is 127. The summed E-state index contributed by atoms with van der Waals surface area (Å²) in [6.07, 6.45) is 3.82. The van der Waals surface area contributed by atoms with Crippen LogP contribution in [0.25, 0.3) is 0 Å². The number of imidazole rings is 1. The van der Waals surface area contributed by atoms with E-state index in [9.17, 15) is 0 Å². The fourth-order valence-corrected chi connectivity index (χ4v) is 2.18. The van der Waals surface area contributed by atoms with Gasteiger partial charge in [0.05, 0.1) is 12.1 Å². The van der Waals surface area contributed by atoms with E-state index in [0.717, 1.165) is 18.3 Å². The first kappa shape index (κ1) is 21.4. The van der Waals surface area contributed by atoms with Crippen LogP contribution in [0.15, 0.2) is 47.7 Å². The Labute approximate surface area is 167 Å². The summed E-state index contributed by atoms with van der Waals surface area (Å²) >= 11 is 0. The van der Waals surface area contributed by atoms with Gasteiger partial charge < -0.3 is 19.9 Å². The number of hydrogen-bond acceptors (Lipinski definition) is 3. The van der Waals surface area contributed by atoms with Gasteiger partial charge in [-0.1, -0.05) is 30.3 Å². The summed E-state index contributed by atoms with van der Waals surface area (Å²) in [6.45, 7) is 6.13. The molecule has 0 aliphatic heterocycles. The zero-order valence-corrected chi connectivity index (χ0v) is 17.7. The molecule has 0 bridgehead atoms. The molecule has 0 fully saturated rings. The highest BCUT2D eigenvalue weighted by molar-refractivity contribution is 14.0. The van der Waals surface area contributed by atoms with Crippen LogP contribution >= 0.6 is 24.0 Å². The number of guanidine groups is 1. The lowest BCUT2D eigenvalue weighted by atomic mass is 10.1. The largest absolute Gasteiger partial charge is 0.377 e. The molecule has 0 unspecified atom stereocenters. The van der Waals surface area contributed by atoms with Crippen LogP contribution in [0.2, 0.25) is 0 Å². The Hall–Kier alpha value is -1.61. The Morgan fingerprint density at radius 2 is 1.96 bits per heavy atom. The summed E-state index contributed by atoms with van der Waals surface area (Å²) in [5, 5.41) is 6.56. The van der Waals surface area contributed by atoms with Crippen molar-refractivity contribution in [2.24, 2.45) is 4.99 Å². The molecule has 2 aromatic rings. The number of methoxy groups -OCH3 is 1. The number of hydrogen-bond donors (Lipinski definition) is 2. The molecule has 0 aliphatic rings. The molecule has 138 valence electrons. The molecule has 25 heavy (non-hydrogen) atoms. The van der Waals surface area contributed by atoms with Crippen LogP contribution in [0.1, 0.15) is 25.2 Å². The van der Waals surface area contributed by atoms with E-state index in [2.05, 4.69) is 37.3 Å². The molecule has 0 saturated carbocycles. The second-order valence-electron chi connectivity index (χ2n) is 6.20. The molecule has 0 saturated heterocycles. The van der Waals surface area contributed by atoms with Crippen LogP contribution in [0.3, 0.4) is 0 Å². The molecule has 6 nitrogen and oxygen atoms in total. The lowest BCUT2D eigenvalue weighted by Gasteiger charge is -2.24. The SMILES string of the molecule is CN=C(NCc1nccn1Cc1ccccc1)NCC(C)(C)OC.I. The van der Waals surface area contributed by atoms with Crippen molar-refractivity contribution in [3.63, 3.8) is 0 Å². The zero-order valence-electron chi connectivity index (χ0n) is 15.3. The average molecular weight is 457 g/mol. The minimum atomic E-state index is -0.247. The van der Waals surface area contributed by atoms with Crippen LogP contribution in [-0.2, 0) is 17.8 Å². The molecule has 7 heteroatoms. The molecule has 1 aromatic heterocycles. The number of aliphatic imine (C=N–C) groups is 1. The van der Waals surface area contributed by atoms with E-state index in [-0.39, 0.29) is 29.6 Å². The summed E-state index contributed by atoms with van der Waals surface area (Å²) in [5.41, 5.74) is 1.00. The number of nitrogens with zero attached hydrogens (tertiary/aromatic N) is 3. The Morgan fingerprint density at radius 3 is 2.60 bits per heavy atom. The third-order valence-corrected chi connectivity index (χ3v) is 3.87. The van der Waals surface area contributed by atoms with Gasteiger partial charge in [-0.05, 0) is 19.4 Å². The molecule has 2 N–H and O–H groups in total. The van der Waals surface area contributed by atoms with Gasteiger partial charge in [-0.25, -0.2) is 4.98 Å². The van der Waals surface area contributed by atoms with Crippen molar-refractivity contribution in [2.75, 3.05) is 20.7 Å². The van der Waals surface area contributed by atoms with E-state index in [1.54, 1.807) is 14.2 Å². The third-order valence-electron chi connectivity index (χ3n) is 3.87. The van der Waals surface area contributed by atoms with Crippen LogP contribution in [0.4, 0.5) is 0 Å². The predicted octanol–water partition coefficient (Wildman–Crippen LogP) is 2.64. The van der Waals surface area contributed by atoms with Crippen molar-refractivity contribution >= 4 is 29.9 Å². The summed E-state index contributed by atoms with van der Waals surface area (Å²) in [5.74, 6) is 1.70. The van der Waals surface area contributed by atoms with Crippen molar-refractivity contribution in [3.05, 3.63) is 54.1 Å². The Balaban J connectivity index is 0.00000312. The Kier molecular flexibility index (Phi) is 8.91. The van der Waals surface area contributed by atoms with Gasteiger partial charge in [0.25, 0.3) is 0 Å². The van der Waals surface area contributed by atoms with E-state index in [4.69, 9.17) is 4.74 Å². The molecular weight excluding hydrogens is 429 g/mol. The van der Waals surface area contributed by atoms with E-state index in [0.29, 0.717) is 13.1 Å². The number of halogens is 1. The number of aromatic nitrogens is 2. The molecule has 0 radical (unpaired) electrons. The fourth-order valence-electron chi connectivity index (χ4n) is 2.18. The first-order chi connectivity index (χ1) is 11.5. The number of nitrogens with one attached hydrogen (secondary N) is 2. The van der Waals surface area contributed by atoms with E-state index in [1.165, 1.54) is 5.56 Å². The fraction of sp³-hybridized carbons (Fsp3) is 0.444. The van der Waals surface area contributed by atoms with Crippen molar-refractivity contribution in [2.45, 2.75) is 32.5 Å². The Bertz CT molecular complexity index is 654. The predicted molar refractivity (Wildman–Crippen MR) is 112 cm³/mol. The van der Waals surface area contributed by atoms with Crippen molar-refractivity contribution in [1.29, 1.82) is 0 Å². The maximum absolute atomic E-state index is 5.41. The molecule has 1 heterocycles. The summed E-state index contributed by atoms with van der Waals surface area (Å²) in [7, 11) is 3.46. The van der Waals surface area contributed by atoms with Crippen LogP contribution in [0, 0.1) is 0 Å². The smallest absolute Gasteiger partial charge is 0.191 e. The number of ether oxygens (including phenoxy) is 1. The van der Waals surface area contributed by atoms with Gasteiger partial charge in [0.15, 0.2) is 5.96 Å². The zero-order chi connectivity index (χ0) is 17.4. The van der Waals surface area contributed by atoms with Gasteiger partial charge in [0.2, 0.25) is 0 Å². The van der Waals surface area contributed by atoms with Crippen LogP contribution in [0.5, 0.6) is 0 Å². The molecule has 0 amide bonds. The van der Waals surface area contributed by atoms with Gasteiger partial charge in [-0.15, -0.1) is 24.0 Å². The van der Waals surface area contributed by atoms with Crippen LogP contribution < -0.4 is 10.6 Å². The molecule has 1 aromatic carbocycles. The van der Waals surface area contributed by atoms with Gasteiger partial charge in [0, 0.05) is 39.6 Å². The molecule has 0 aliphatic carbocycles. The molecule has 2 rings (SSSR count). The highest BCUT2D eigenvalue weighted by Crippen LogP contribution is 2.06. The maximum atomic E-state index is 5.41. The van der Waals surface area contributed by atoms with Crippen LogP contribution in [-0.4, -0.2) is 41.8 Å². The summed E-state index contributed by atoms with van der Waals surface area (Å²) in [4.78, 5) is 8.68. The molecular formula is C18H28IN5O. The lowest BCUT2D eigenvalue weighted by Crippen LogP contribution is -2.45. The quantitative estimate of drug-likeness (QED) is 0.381. The maximum Gasteiger partial charge on any atom is 0.191 e. The summed E-state index contributed by atoms with van der Waals surface area (Å²) in [6, 6.07) is 10.4. The Morgan fingerprint density at radius 1 is 1.24 bits per heavy atom. The van der Waals surface area contributed by atoms with Crippen molar-refractivity contribution < 1.29 is 4.74 Å². The first-order valence-electron chi connectivity index (χ1n) is 8.07. The van der Waals surface area contributed by atoms with Crippen molar-refractivity contribution in [3.8, 4) is 0 Å². The van der Waals surface area contributed by atoms with Gasteiger partial charge in [-0.2, -0.15) is 0 Å². The second kappa shape index (κ2) is 10.4. The lowest BCUT2D eigenvalue weighted by molar-refractivity contribution is 0.0268. The molecule has 0 spiro atoms.